The van der Waals surface area contributed by atoms with E-state index in [-0.39, 0.29) is 122 Å². The molecule has 0 aliphatic heterocycles. The van der Waals surface area contributed by atoms with Gasteiger partial charge in [0.1, 0.15) is 74.3 Å². The van der Waals surface area contributed by atoms with Crippen LogP contribution in [0.15, 0.2) is 146 Å². The SMILES string of the molecule is CC.CC.CC(=O)CCCOCCOCCC(=O)C(C)C.CC(C)C(=O)COCC(=O)N(C)c1ccccc1.CC(C)C(=O)c1c(F)cccc1F.CC(C)C(=O)c1cc(Cl)cc(Cl)c1.CC(C)C(=O)c1ccccn1.NCCCC[C@@H](C=O)NNC(=O)COCCOCCOCCOCCNC(=O)COCC(=O)Nc1ccccc1.N[C@@H](CCCCCC(=O)c1cccnc1)C(=O)O. The molecule has 4 aromatic carbocycles. The first-order valence-electron chi connectivity index (χ1n) is 45.1. The van der Waals surface area contributed by atoms with Gasteiger partial charge < -0.3 is 79.6 Å². The highest BCUT2D eigenvalue weighted by molar-refractivity contribution is 6.35. The number of aliphatic carboxylic acids is 1. The van der Waals surface area contributed by atoms with Crippen LogP contribution in [0.2, 0.25) is 10.0 Å². The predicted molar refractivity (Wildman–Crippen MR) is 517 cm³/mol. The maximum atomic E-state index is 13.0. The topological polar surface area (TPSA) is 445 Å². The molecule has 6 rings (SSSR count). The largest absolute Gasteiger partial charge is 0.480 e. The van der Waals surface area contributed by atoms with Gasteiger partial charge in [-0.25, -0.2) is 14.2 Å². The van der Waals surface area contributed by atoms with E-state index in [1.807, 2.05) is 126 Å². The molecule has 0 aliphatic carbocycles. The number of unbranched alkanes of at least 4 members (excludes halogenated alkanes) is 3. The number of hydrogen-bond donors (Lipinski definition) is 7. The maximum absolute atomic E-state index is 13.0. The first kappa shape index (κ1) is 128. The van der Waals surface area contributed by atoms with E-state index in [1.54, 1.807) is 113 Å². The first-order valence-corrected chi connectivity index (χ1v) is 45.9. The number of nitrogens with two attached hydrogens (primary N) is 2. The fourth-order valence-electron chi connectivity index (χ4n) is 9.97. The molecule has 0 unspecified atom stereocenters. The Hall–Kier alpha value is -10.1. The fourth-order valence-corrected chi connectivity index (χ4v) is 10.5. The number of anilines is 2. The third-order valence-electron chi connectivity index (χ3n) is 17.5. The Balaban J connectivity index is -0.00000156. The molecular weight excluding hydrogens is 1780 g/mol. The van der Waals surface area contributed by atoms with Crippen molar-refractivity contribution in [2.24, 2.45) is 41.1 Å². The average Bonchev–Trinajstić information content (AvgIpc) is 0.821. The molecule has 9 N–H and O–H groups in total. The van der Waals surface area contributed by atoms with Gasteiger partial charge in [0.2, 0.25) is 11.8 Å². The van der Waals surface area contributed by atoms with E-state index in [0.717, 1.165) is 62.6 Å². The van der Waals surface area contributed by atoms with Gasteiger partial charge in [-0.2, -0.15) is 0 Å². The third kappa shape index (κ3) is 68.8. The minimum absolute atomic E-state index is 0.00478. The molecule has 6 aromatic rings. The van der Waals surface area contributed by atoms with E-state index < -0.39 is 47.0 Å². The Labute approximate surface area is 800 Å². The van der Waals surface area contributed by atoms with Crippen molar-refractivity contribution >= 4 is 111 Å². The number of halogens is 4. The van der Waals surface area contributed by atoms with Crippen molar-refractivity contribution in [1.82, 2.24) is 26.1 Å². The van der Waals surface area contributed by atoms with Gasteiger partial charge in [0.25, 0.3) is 11.8 Å². The Morgan fingerprint density at radius 2 is 1.00 bits per heavy atom. The van der Waals surface area contributed by atoms with Crippen LogP contribution in [0.4, 0.5) is 20.2 Å². The lowest BCUT2D eigenvalue weighted by molar-refractivity contribution is -0.139. The second-order valence-electron chi connectivity index (χ2n) is 30.4. The molecule has 2 heterocycles. The van der Waals surface area contributed by atoms with E-state index in [2.05, 4.69) is 31.5 Å². The number of hydrogen-bond acceptors (Lipinski definition) is 26. The van der Waals surface area contributed by atoms with E-state index in [4.69, 9.17) is 77.7 Å². The number of hydrazine groups is 1. The molecule has 0 spiro atoms. The maximum Gasteiger partial charge on any atom is 0.320 e. The molecule has 0 fully saturated rings. The number of ketones is 7. The number of carbonyl (C=O) groups is 13. The molecule has 2 aromatic heterocycles. The molecule has 35 heteroatoms. The van der Waals surface area contributed by atoms with Gasteiger partial charge >= 0.3 is 5.97 Å². The quantitative estimate of drug-likeness (QED) is 0.00807. The van der Waals surface area contributed by atoms with E-state index in [9.17, 15) is 71.1 Å². The summed E-state index contributed by atoms with van der Waals surface area (Å²) in [6, 6.07) is 34.1. The highest BCUT2D eigenvalue weighted by Gasteiger charge is 2.21. The standard InChI is InChI=1S/C26H43N5O9.C14H19NO3.C13H18N2O3.C13H24O4.C10H10Cl2O.C10H10F2O.C9H11NO.2C2H6/c27-9-5-4-8-23(18-32)30-31-26(35)21-39-17-16-38-15-14-37-13-12-36-11-10-28-24(33)19-40-20-25(34)29-22-6-2-1-3-7-22;1-11(2)13(16)9-18-10-14(17)15(3)12-7-5-4-6-8-12;14-11(13(17)18)6-2-1-3-7-12(16)10-5-4-8-15-9-10;1-11(2)13(15)6-8-17-10-9-16-7-4-5-12(3)14;1-6(2)10(13)7-3-8(11)5-9(12)4-7;1-6(2)10(13)9-7(11)4-3-5-8(9)12;1-7(2)9(11)8-5-3-4-6-10-8;2*1-2/h1-3,6-7,18,23,30H,4-5,8-17,19-21,27H2,(H,28,33)(H,29,34)(H,31,35);4-8,11H,9-10H2,1-3H3;4-5,8-9,11H,1-3,6-7,14H2,(H,17,18);11H,4-10H2,1-3H3;2*3-6H,1-2H3;3-7H,1-2H3;2*1-2H3/t23-;;11-;;;;;;/m0.0....../s1. The van der Waals surface area contributed by atoms with Crippen LogP contribution in [0.1, 0.15) is 216 Å². The molecule has 0 radical (unpaired) electrons. The number of pyridine rings is 2. The van der Waals surface area contributed by atoms with Crippen molar-refractivity contribution in [1.29, 1.82) is 0 Å². The Morgan fingerprint density at radius 3 is 1.51 bits per heavy atom. The molecule has 0 aliphatic rings. The summed E-state index contributed by atoms with van der Waals surface area (Å²) >= 11 is 11.5. The van der Waals surface area contributed by atoms with Crippen molar-refractivity contribution in [3.05, 3.63) is 190 Å². The lowest BCUT2D eigenvalue weighted by Crippen LogP contribution is -2.46. The molecule has 0 saturated heterocycles. The van der Waals surface area contributed by atoms with Gasteiger partial charge in [-0.15, -0.1) is 0 Å². The lowest BCUT2D eigenvalue weighted by atomic mass is 10.0. The number of nitrogens with zero attached hydrogens (tertiary/aromatic N) is 3. The highest BCUT2D eigenvalue weighted by atomic mass is 35.5. The van der Waals surface area contributed by atoms with Crippen LogP contribution < -0.4 is 37.9 Å². The zero-order chi connectivity index (χ0) is 101. The zero-order valence-electron chi connectivity index (χ0n) is 81.0. The molecule has 0 saturated carbocycles. The minimum Gasteiger partial charge on any atom is -0.480 e. The van der Waals surface area contributed by atoms with Gasteiger partial charge in [0, 0.05) is 120 Å². The number of likely N-dealkylation sites (N-methyl/N-ethyl adjacent to an activating group) is 1. The minimum atomic E-state index is -0.971. The van der Waals surface area contributed by atoms with Crippen molar-refractivity contribution in [2.75, 3.05) is 136 Å². The average molecular weight is 1920 g/mol. The summed E-state index contributed by atoms with van der Waals surface area (Å²) in [6.07, 6.45) is 12.8. The number of carboxylic acids is 1. The second kappa shape index (κ2) is 83.5. The van der Waals surface area contributed by atoms with E-state index >= 15 is 0 Å². The summed E-state index contributed by atoms with van der Waals surface area (Å²) in [4.78, 5) is 157. The van der Waals surface area contributed by atoms with E-state index in [0.29, 0.717) is 144 Å². The van der Waals surface area contributed by atoms with Crippen LogP contribution in [0.25, 0.3) is 0 Å². The number of aldehydes is 1. The molecular formula is C99H147Cl2F2N9O22. The third-order valence-corrected chi connectivity index (χ3v) is 17.9. The fraction of sp³-hybridized carbons (Fsp3) is 0.525. The summed E-state index contributed by atoms with van der Waals surface area (Å²) in [5.41, 5.74) is 18.7. The molecule has 4 amide bonds. The lowest BCUT2D eigenvalue weighted by Gasteiger charge is -2.17. The summed E-state index contributed by atoms with van der Waals surface area (Å²) in [6.45, 7) is 32.2. The predicted octanol–water partition coefficient (Wildman–Crippen LogP) is 15.3. The van der Waals surface area contributed by atoms with Crippen LogP contribution in [0.5, 0.6) is 0 Å². The molecule has 31 nitrogen and oxygen atoms in total. The summed E-state index contributed by atoms with van der Waals surface area (Å²) in [5.74, 6) is -4.01. The van der Waals surface area contributed by atoms with Crippen LogP contribution in [-0.2, 0) is 81.0 Å². The monoisotopic (exact) mass is 1920 g/mol. The van der Waals surface area contributed by atoms with Gasteiger partial charge in [-0.05, 0) is 124 Å². The Morgan fingerprint density at radius 1 is 0.485 bits per heavy atom. The molecule has 748 valence electrons. The zero-order valence-corrected chi connectivity index (χ0v) is 82.5. The highest BCUT2D eigenvalue weighted by Crippen LogP contribution is 2.22. The Bertz CT molecular complexity index is 4170. The summed E-state index contributed by atoms with van der Waals surface area (Å²) < 4.78 is 68.1. The van der Waals surface area contributed by atoms with Crippen LogP contribution in [0.3, 0.4) is 0 Å². The van der Waals surface area contributed by atoms with E-state index in [1.165, 1.54) is 11.0 Å². The van der Waals surface area contributed by atoms with Crippen molar-refractivity contribution < 1.29 is 114 Å². The van der Waals surface area contributed by atoms with Gasteiger partial charge in [-0.1, -0.05) is 188 Å². The number of carboxylic acid groups (broad SMARTS) is 1. The molecule has 2 atom stereocenters. The van der Waals surface area contributed by atoms with Gasteiger partial charge in [0.15, 0.2) is 28.9 Å². The second-order valence-corrected chi connectivity index (χ2v) is 31.3. The number of benzene rings is 4. The summed E-state index contributed by atoms with van der Waals surface area (Å²) in [5, 5.41) is 14.9. The van der Waals surface area contributed by atoms with Gasteiger partial charge in [-0.3, -0.25) is 68.1 Å². The number of amides is 4. The molecule has 0 bridgehead atoms. The number of carbonyl (C=O) groups excluding carboxylic acids is 12. The molecule has 134 heavy (non-hydrogen) atoms. The number of para-hydroxylation sites is 2. The van der Waals surface area contributed by atoms with Crippen LogP contribution in [0, 0.1) is 41.2 Å². The number of rotatable bonds is 57. The van der Waals surface area contributed by atoms with Gasteiger partial charge in [0.05, 0.1) is 77.7 Å². The Kier molecular flexibility index (Phi) is 79.8. The van der Waals surface area contributed by atoms with Crippen molar-refractivity contribution in [3.63, 3.8) is 0 Å². The number of Topliss-reactive ketones (excluding diaryl/α,β-unsaturated/α-hetero) is 7. The van der Waals surface area contributed by atoms with Crippen molar-refractivity contribution in [3.8, 4) is 0 Å². The summed E-state index contributed by atoms with van der Waals surface area (Å²) in [7, 11) is 1.69. The number of nitrogens with one attached hydrogen (secondary N) is 4. The van der Waals surface area contributed by atoms with Crippen LogP contribution >= 0.6 is 23.2 Å². The number of aromatic nitrogens is 2. The van der Waals surface area contributed by atoms with Crippen LogP contribution in [-0.4, -0.2) is 229 Å². The smallest absolute Gasteiger partial charge is 0.320 e. The first-order chi connectivity index (χ1) is 64.0. The normalized spacial score (nSPS) is 10.8. The number of ether oxygens (including phenoxy) is 8. The van der Waals surface area contributed by atoms with Crippen molar-refractivity contribution in [2.45, 2.75) is 187 Å².